The molecular weight excluding hydrogens is 293 g/mol. The molecule has 124 valence electrons. The van der Waals surface area contributed by atoms with Crippen LogP contribution in [0.3, 0.4) is 0 Å². The van der Waals surface area contributed by atoms with Crippen LogP contribution in [0.4, 0.5) is 4.39 Å². The molecule has 1 aromatic heterocycles. The van der Waals surface area contributed by atoms with Crippen LogP contribution < -0.4 is 10.6 Å². The highest BCUT2D eigenvalue weighted by Gasteiger charge is 2.11. The first-order valence-electron chi connectivity index (χ1n) is 7.67. The summed E-state index contributed by atoms with van der Waals surface area (Å²) in [7, 11) is 1.75. The zero-order chi connectivity index (χ0) is 16.9. The van der Waals surface area contributed by atoms with Gasteiger partial charge in [-0.05, 0) is 51.1 Å². The molecule has 2 rings (SSSR count). The lowest BCUT2D eigenvalue weighted by molar-refractivity contribution is 0.501. The van der Waals surface area contributed by atoms with Crippen molar-refractivity contribution in [3.63, 3.8) is 0 Å². The van der Waals surface area contributed by atoms with Gasteiger partial charge in [-0.15, -0.1) is 0 Å². The summed E-state index contributed by atoms with van der Waals surface area (Å²) in [5.74, 6) is 0.526. The minimum atomic E-state index is -0.247. The highest BCUT2D eigenvalue weighted by atomic mass is 19.1. The molecule has 0 radical (unpaired) electrons. The normalized spacial score (nSPS) is 12.3. The van der Waals surface area contributed by atoms with Crippen molar-refractivity contribution in [1.82, 2.24) is 20.4 Å². The first kappa shape index (κ1) is 17.0. The lowest BCUT2D eigenvalue weighted by atomic mass is 10.1. The van der Waals surface area contributed by atoms with Crippen LogP contribution >= 0.6 is 0 Å². The van der Waals surface area contributed by atoms with E-state index in [1.807, 2.05) is 12.3 Å². The molecular formula is C17H24FN5. The van der Waals surface area contributed by atoms with Crippen LogP contribution in [0.5, 0.6) is 0 Å². The zero-order valence-electron chi connectivity index (χ0n) is 14.1. The molecule has 0 aliphatic rings. The van der Waals surface area contributed by atoms with Gasteiger partial charge in [-0.25, -0.2) is 9.07 Å². The number of nitrogens with one attached hydrogen (secondary N) is 2. The quantitative estimate of drug-likeness (QED) is 0.673. The molecule has 23 heavy (non-hydrogen) atoms. The summed E-state index contributed by atoms with van der Waals surface area (Å²) in [4.78, 5) is 4.20. The molecule has 0 unspecified atom stereocenters. The second kappa shape index (κ2) is 7.26. The van der Waals surface area contributed by atoms with E-state index in [0.29, 0.717) is 0 Å². The topological polar surface area (TPSA) is 54.2 Å². The van der Waals surface area contributed by atoms with Crippen molar-refractivity contribution in [2.75, 3.05) is 13.6 Å². The maximum Gasteiger partial charge on any atom is 0.191 e. The molecule has 0 amide bonds. The van der Waals surface area contributed by atoms with Crippen LogP contribution in [-0.4, -0.2) is 34.9 Å². The monoisotopic (exact) mass is 317 g/mol. The number of nitrogens with zero attached hydrogens (tertiary/aromatic N) is 3. The van der Waals surface area contributed by atoms with Crippen LogP contribution in [-0.2, 0) is 6.42 Å². The van der Waals surface area contributed by atoms with Crippen molar-refractivity contribution in [3.05, 3.63) is 48.0 Å². The van der Waals surface area contributed by atoms with E-state index in [1.165, 1.54) is 12.1 Å². The Labute approximate surface area is 136 Å². The lowest BCUT2D eigenvalue weighted by Crippen LogP contribution is -2.48. The number of aromatic nitrogens is 2. The molecule has 1 aromatic carbocycles. The highest BCUT2D eigenvalue weighted by molar-refractivity contribution is 5.80. The Bertz CT molecular complexity index is 652. The van der Waals surface area contributed by atoms with Crippen molar-refractivity contribution >= 4 is 5.96 Å². The van der Waals surface area contributed by atoms with Crippen LogP contribution in [0.1, 0.15) is 26.5 Å². The van der Waals surface area contributed by atoms with Gasteiger partial charge in [-0.1, -0.05) is 0 Å². The van der Waals surface area contributed by atoms with E-state index < -0.39 is 0 Å². The second-order valence-electron chi connectivity index (χ2n) is 6.35. The Balaban J connectivity index is 1.89. The molecule has 2 N–H and O–H groups in total. The van der Waals surface area contributed by atoms with E-state index in [0.717, 1.165) is 30.3 Å². The third-order valence-electron chi connectivity index (χ3n) is 3.13. The van der Waals surface area contributed by atoms with E-state index in [2.05, 4.69) is 41.5 Å². The SMILES string of the molecule is CN=C(NCCc1ccn(-c2ccc(F)cc2)n1)NC(C)(C)C. The van der Waals surface area contributed by atoms with Gasteiger partial charge in [0.05, 0.1) is 11.4 Å². The largest absolute Gasteiger partial charge is 0.356 e. The summed E-state index contributed by atoms with van der Waals surface area (Å²) in [5.41, 5.74) is 1.77. The number of aliphatic imine (C=N–C) groups is 1. The number of benzene rings is 1. The molecule has 0 atom stereocenters. The molecule has 0 bridgehead atoms. The Kier molecular flexibility index (Phi) is 5.36. The van der Waals surface area contributed by atoms with Gasteiger partial charge in [0.15, 0.2) is 5.96 Å². The summed E-state index contributed by atoms with van der Waals surface area (Å²) in [6, 6.07) is 8.24. The summed E-state index contributed by atoms with van der Waals surface area (Å²) < 4.78 is 14.7. The number of rotatable bonds is 4. The maximum absolute atomic E-state index is 12.9. The van der Waals surface area contributed by atoms with Crippen LogP contribution in [0.25, 0.3) is 5.69 Å². The van der Waals surface area contributed by atoms with Gasteiger partial charge in [0.2, 0.25) is 0 Å². The molecule has 6 heteroatoms. The molecule has 0 spiro atoms. The minimum absolute atomic E-state index is 0.0357. The summed E-state index contributed by atoms with van der Waals surface area (Å²) >= 11 is 0. The van der Waals surface area contributed by atoms with Gasteiger partial charge in [0.1, 0.15) is 5.82 Å². The first-order chi connectivity index (χ1) is 10.9. The van der Waals surface area contributed by atoms with Crippen molar-refractivity contribution in [1.29, 1.82) is 0 Å². The predicted octanol–water partition coefficient (Wildman–Crippen LogP) is 2.52. The van der Waals surface area contributed by atoms with E-state index >= 15 is 0 Å². The fourth-order valence-corrected chi connectivity index (χ4v) is 2.08. The van der Waals surface area contributed by atoms with Gasteiger partial charge in [0, 0.05) is 31.7 Å². The standard InChI is InChI=1S/C17H24FN5/c1-17(2,3)21-16(19-4)20-11-9-14-10-12-23(22-14)15-7-5-13(18)6-8-15/h5-8,10,12H,9,11H2,1-4H3,(H2,19,20,21). The van der Waals surface area contributed by atoms with Gasteiger partial charge >= 0.3 is 0 Å². The van der Waals surface area contributed by atoms with E-state index in [9.17, 15) is 4.39 Å². The van der Waals surface area contributed by atoms with Gasteiger partial charge in [-0.3, -0.25) is 4.99 Å². The molecule has 1 heterocycles. The van der Waals surface area contributed by atoms with E-state index in [-0.39, 0.29) is 11.4 Å². The molecule has 0 aliphatic carbocycles. The predicted molar refractivity (Wildman–Crippen MR) is 91.5 cm³/mol. The van der Waals surface area contributed by atoms with Crippen LogP contribution in [0.15, 0.2) is 41.5 Å². The van der Waals surface area contributed by atoms with Crippen molar-refractivity contribution in [2.24, 2.45) is 4.99 Å². The van der Waals surface area contributed by atoms with Crippen LogP contribution in [0, 0.1) is 5.82 Å². The number of hydrogen-bond acceptors (Lipinski definition) is 2. The smallest absolute Gasteiger partial charge is 0.191 e. The molecule has 5 nitrogen and oxygen atoms in total. The number of guanidine groups is 1. The highest BCUT2D eigenvalue weighted by Crippen LogP contribution is 2.09. The van der Waals surface area contributed by atoms with Crippen LogP contribution in [0.2, 0.25) is 0 Å². The maximum atomic E-state index is 12.9. The third kappa shape index (κ3) is 5.39. The van der Waals surface area contributed by atoms with E-state index in [1.54, 1.807) is 23.9 Å². The Morgan fingerprint density at radius 1 is 1.22 bits per heavy atom. The molecule has 0 fully saturated rings. The molecule has 0 saturated carbocycles. The van der Waals surface area contributed by atoms with Gasteiger partial charge in [0.25, 0.3) is 0 Å². The summed E-state index contributed by atoms with van der Waals surface area (Å²) in [6.07, 6.45) is 2.66. The minimum Gasteiger partial charge on any atom is -0.356 e. The Morgan fingerprint density at radius 2 is 1.91 bits per heavy atom. The molecule has 2 aromatic rings. The third-order valence-corrected chi connectivity index (χ3v) is 3.13. The molecule has 0 saturated heterocycles. The van der Waals surface area contributed by atoms with Gasteiger partial charge < -0.3 is 10.6 Å². The van der Waals surface area contributed by atoms with Crippen molar-refractivity contribution < 1.29 is 4.39 Å². The Hall–Kier alpha value is -2.37. The summed E-state index contributed by atoms with van der Waals surface area (Å²) in [6.45, 7) is 6.99. The van der Waals surface area contributed by atoms with Gasteiger partial charge in [-0.2, -0.15) is 5.10 Å². The average Bonchev–Trinajstić information content (AvgIpc) is 2.94. The fourth-order valence-electron chi connectivity index (χ4n) is 2.08. The zero-order valence-corrected chi connectivity index (χ0v) is 14.1. The number of hydrogen-bond donors (Lipinski definition) is 2. The van der Waals surface area contributed by atoms with Crippen molar-refractivity contribution in [2.45, 2.75) is 32.7 Å². The second-order valence-corrected chi connectivity index (χ2v) is 6.35. The van der Waals surface area contributed by atoms with E-state index in [4.69, 9.17) is 0 Å². The molecule has 0 aliphatic heterocycles. The average molecular weight is 317 g/mol. The lowest BCUT2D eigenvalue weighted by Gasteiger charge is -2.23. The summed E-state index contributed by atoms with van der Waals surface area (Å²) in [5, 5.41) is 11.1. The fraction of sp³-hybridized carbons (Fsp3) is 0.412. The van der Waals surface area contributed by atoms with Crippen molar-refractivity contribution in [3.8, 4) is 5.69 Å². The first-order valence-corrected chi connectivity index (χ1v) is 7.67. The number of halogens is 1. The Morgan fingerprint density at radius 3 is 2.52 bits per heavy atom.